The molecule has 1 N–H and O–H groups in total. The van der Waals surface area contributed by atoms with Crippen molar-refractivity contribution in [3.05, 3.63) is 35.5 Å². The zero-order chi connectivity index (χ0) is 18.6. The summed E-state index contributed by atoms with van der Waals surface area (Å²) in [6.45, 7) is 0.714. The van der Waals surface area contributed by atoms with Crippen LogP contribution >= 0.6 is 12.4 Å². The Morgan fingerprint density at radius 2 is 1.88 bits per heavy atom. The number of likely N-dealkylation sites (N-methyl/N-ethyl adjacent to an activating group) is 1. The Kier molecular flexibility index (Phi) is 7.61. The SMILES string of the molecule is CN(C)CCCC(=O)ONC(=O)C1=Cc2ccccc2S(=O)(=O)N1C.Cl. The third-order valence-electron chi connectivity index (χ3n) is 3.67. The molecular weight excluding hydrogens is 382 g/mol. The van der Waals surface area contributed by atoms with E-state index >= 15 is 0 Å². The van der Waals surface area contributed by atoms with Crippen molar-refractivity contribution >= 4 is 40.4 Å². The van der Waals surface area contributed by atoms with Gasteiger partial charge in [0.25, 0.3) is 10.0 Å². The molecule has 0 unspecified atom stereocenters. The van der Waals surface area contributed by atoms with Gasteiger partial charge in [0.15, 0.2) is 0 Å². The minimum atomic E-state index is -3.82. The van der Waals surface area contributed by atoms with E-state index in [1.807, 2.05) is 24.5 Å². The quantitative estimate of drug-likeness (QED) is 0.737. The van der Waals surface area contributed by atoms with Crippen LogP contribution in [0.3, 0.4) is 0 Å². The Bertz CT molecular complexity index is 808. The second kappa shape index (κ2) is 9.02. The Labute approximate surface area is 159 Å². The van der Waals surface area contributed by atoms with Crippen molar-refractivity contribution in [2.75, 3.05) is 27.7 Å². The van der Waals surface area contributed by atoms with E-state index in [9.17, 15) is 18.0 Å². The highest BCUT2D eigenvalue weighted by Gasteiger charge is 2.33. The van der Waals surface area contributed by atoms with Crippen LogP contribution in [-0.2, 0) is 24.4 Å². The summed E-state index contributed by atoms with van der Waals surface area (Å²) in [5.41, 5.74) is 2.29. The van der Waals surface area contributed by atoms with Gasteiger partial charge in [0.05, 0.1) is 4.90 Å². The average Bonchev–Trinajstić information content (AvgIpc) is 2.56. The second-order valence-corrected chi connectivity index (χ2v) is 7.79. The van der Waals surface area contributed by atoms with Crippen LogP contribution in [0.1, 0.15) is 18.4 Å². The molecule has 0 bridgehead atoms. The van der Waals surface area contributed by atoms with Gasteiger partial charge in [-0.1, -0.05) is 18.2 Å². The van der Waals surface area contributed by atoms with Gasteiger partial charge >= 0.3 is 11.9 Å². The number of rotatable bonds is 5. The molecule has 0 aliphatic carbocycles. The Balaban J connectivity index is 0.00000338. The summed E-state index contributed by atoms with van der Waals surface area (Å²) in [6, 6.07) is 6.35. The molecule has 1 aliphatic heterocycles. The summed E-state index contributed by atoms with van der Waals surface area (Å²) in [7, 11) is 1.23. The maximum absolute atomic E-state index is 12.5. The lowest BCUT2D eigenvalue weighted by Crippen LogP contribution is -2.39. The molecule has 0 saturated carbocycles. The zero-order valence-corrected chi connectivity index (χ0v) is 16.4. The van der Waals surface area contributed by atoms with Crippen LogP contribution in [0.4, 0.5) is 0 Å². The fourth-order valence-corrected chi connectivity index (χ4v) is 3.67. The fourth-order valence-electron chi connectivity index (χ4n) is 2.30. The lowest BCUT2D eigenvalue weighted by atomic mass is 10.2. The number of nitrogens with zero attached hydrogens (tertiary/aromatic N) is 2. The van der Waals surface area contributed by atoms with E-state index in [1.54, 1.807) is 18.2 Å². The highest BCUT2D eigenvalue weighted by molar-refractivity contribution is 7.89. The molecule has 10 heteroatoms. The summed E-state index contributed by atoms with van der Waals surface area (Å²) in [4.78, 5) is 30.6. The van der Waals surface area contributed by atoms with Crippen LogP contribution in [-0.4, -0.2) is 57.2 Å². The maximum atomic E-state index is 12.5. The minimum Gasteiger partial charge on any atom is -0.340 e. The van der Waals surface area contributed by atoms with Gasteiger partial charge < -0.3 is 9.74 Å². The molecule has 1 aromatic carbocycles. The van der Waals surface area contributed by atoms with Gasteiger partial charge in [-0.15, -0.1) is 12.4 Å². The van der Waals surface area contributed by atoms with Crippen LogP contribution in [0.25, 0.3) is 6.08 Å². The van der Waals surface area contributed by atoms with E-state index in [4.69, 9.17) is 4.84 Å². The van der Waals surface area contributed by atoms with Crippen LogP contribution in [0.15, 0.2) is 34.9 Å². The molecule has 0 saturated heterocycles. The number of sulfonamides is 1. The summed E-state index contributed by atoms with van der Waals surface area (Å²) >= 11 is 0. The zero-order valence-electron chi connectivity index (χ0n) is 14.8. The third-order valence-corrected chi connectivity index (χ3v) is 5.51. The van der Waals surface area contributed by atoms with Gasteiger partial charge in [-0.25, -0.2) is 13.2 Å². The van der Waals surface area contributed by atoms with Gasteiger partial charge in [-0.05, 0) is 44.8 Å². The number of hydrogen-bond donors (Lipinski definition) is 1. The van der Waals surface area contributed by atoms with E-state index < -0.39 is 21.9 Å². The van der Waals surface area contributed by atoms with Gasteiger partial charge in [0.1, 0.15) is 5.70 Å². The number of carbonyl (C=O) groups excluding carboxylic acids is 2. The number of hydroxylamine groups is 1. The predicted octanol–water partition coefficient (Wildman–Crippen LogP) is 1.000. The Hall–Kier alpha value is -2.10. The summed E-state index contributed by atoms with van der Waals surface area (Å²) in [5, 5.41) is 0. The van der Waals surface area contributed by atoms with E-state index in [2.05, 4.69) is 0 Å². The molecule has 1 amide bonds. The van der Waals surface area contributed by atoms with Crippen LogP contribution in [0.5, 0.6) is 0 Å². The number of carbonyl (C=O) groups is 2. The molecule has 2 rings (SSSR count). The maximum Gasteiger partial charge on any atom is 0.332 e. The van der Waals surface area contributed by atoms with E-state index in [0.717, 1.165) is 4.31 Å². The third kappa shape index (κ3) is 4.96. The highest BCUT2D eigenvalue weighted by atomic mass is 35.5. The summed E-state index contributed by atoms with van der Waals surface area (Å²) in [5.74, 6) is -1.39. The smallest absolute Gasteiger partial charge is 0.332 e. The van der Waals surface area contributed by atoms with E-state index in [0.29, 0.717) is 18.5 Å². The molecule has 0 radical (unpaired) electrons. The number of halogens is 1. The molecule has 1 aliphatic rings. The molecule has 0 aromatic heterocycles. The first-order chi connectivity index (χ1) is 11.7. The molecule has 0 atom stereocenters. The van der Waals surface area contributed by atoms with Gasteiger partial charge in [-0.3, -0.25) is 9.10 Å². The lowest BCUT2D eigenvalue weighted by Gasteiger charge is -2.26. The van der Waals surface area contributed by atoms with Crippen LogP contribution < -0.4 is 5.48 Å². The van der Waals surface area contributed by atoms with Gasteiger partial charge in [0, 0.05) is 13.5 Å². The molecule has 8 nitrogen and oxygen atoms in total. The minimum absolute atomic E-state index is 0. The molecular formula is C16H22ClN3O5S. The fraction of sp³-hybridized carbons (Fsp3) is 0.375. The summed E-state index contributed by atoms with van der Waals surface area (Å²) < 4.78 is 25.8. The molecule has 1 heterocycles. The van der Waals surface area contributed by atoms with Crippen molar-refractivity contribution in [1.82, 2.24) is 14.7 Å². The van der Waals surface area contributed by atoms with Crippen molar-refractivity contribution in [3.8, 4) is 0 Å². The van der Waals surface area contributed by atoms with Crippen molar-refractivity contribution in [2.45, 2.75) is 17.7 Å². The lowest BCUT2D eigenvalue weighted by molar-refractivity contribution is -0.157. The highest BCUT2D eigenvalue weighted by Crippen LogP contribution is 2.29. The summed E-state index contributed by atoms with van der Waals surface area (Å²) in [6.07, 6.45) is 2.17. The second-order valence-electron chi connectivity index (χ2n) is 5.85. The monoisotopic (exact) mass is 403 g/mol. The molecule has 0 fully saturated rings. The van der Waals surface area contributed by atoms with Crippen LogP contribution in [0, 0.1) is 0 Å². The van der Waals surface area contributed by atoms with Crippen molar-refractivity contribution < 1.29 is 22.8 Å². The molecule has 1 aromatic rings. The first-order valence-electron chi connectivity index (χ1n) is 7.68. The van der Waals surface area contributed by atoms with E-state index in [1.165, 1.54) is 19.2 Å². The number of amides is 1. The van der Waals surface area contributed by atoms with E-state index in [-0.39, 0.29) is 29.4 Å². The van der Waals surface area contributed by atoms with Gasteiger partial charge in [0.2, 0.25) is 0 Å². The number of hydrogen-bond acceptors (Lipinski definition) is 6. The van der Waals surface area contributed by atoms with Crippen LogP contribution in [0.2, 0.25) is 0 Å². The normalized spacial score (nSPS) is 14.8. The van der Waals surface area contributed by atoms with Crippen molar-refractivity contribution in [3.63, 3.8) is 0 Å². The number of nitrogens with one attached hydrogen (secondary N) is 1. The molecule has 0 spiro atoms. The van der Waals surface area contributed by atoms with Crippen molar-refractivity contribution in [2.24, 2.45) is 0 Å². The largest absolute Gasteiger partial charge is 0.340 e. The number of fused-ring (bicyclic) bond motifs is 1. The molecule has 144 valence electrons. The first kappa shape index (κ1) is 21.9. The average molecular weight is 404 g/mol. The Morgan fingerprint density at radius 3 is 2.54 bits per heavy atom. The van der Waals surface area contributed by atoms with Gasteiger partial charge in [-0.2, -0.15) is 5.48 Å². The molecule has 26 heavy (non-hydrogen) atoms. The Morgan fingerprint density at radius 1 is 1.23 bits per heavy atom. The topological polar surface area (TPSA) is 96.0 Å². The number of benzene rings is 1. The standard InChI is InChI=1S/C16H21N3O5S.ClH/c1-18(2)10-6-9-15(20)24-17-16(21)13-11-12-7-4-5-8-14(12)25(22,23)19(13)3;/h4-5,7-8,11H,6,9-10H2,1-3H3,(H,17,21);1H. The van der Waals surface area contributed by atoms with Crippen molar-refractivity contribution in [1.29, 1.82) is 0 Å². The first-order valence-corrected chi connectivity index (χ1v) is 9.12. The predicted molar refractivity (Wildman–Crippen MR) is 98.6 cm³/mol.